The number of halogens is 2. The van der Waals surface area contributed by atoms with Crippen LogP contribution >= 0.6 is 23.2 Å². The van der Waals surface area contributed by atoms with E-state index in [1.807, 2.05) is 44.2 Å². The number of nitrogens with zero attached hydrogens (tertiary/aromatic N) is 2. The van der Waals surface area contributed by atoms with Gasteiger partial charge in [0.05, 0.1) is 22.0 Å². The lowest BCUT2D eigenvalue weighted by molar-refractivity contribution is -0.140. The van der Waals surface area contributed by atoms with Crippen LogP contribution < -0.4 is 19.1 Å². The van der Waals surface area contributed by atoms with Crippen LogP contribution in [0, 0.1) is 0 Å². The number of ether oxygens (including phenoxy) is 2. The molecule has 0 spiro atoms. The highest BCUT2D eigenvalue weighted by Gasteiger charge is 2.33. The van der Waals surface area contributed by atoms with Gasteiger partial charge in [0.2, 0.25) is 28.6 Å². The third kappa shape index (κ3) is 7.84. The Kier molecular flexibility index (Phi) is 9.68. The van der Waals surface area contributed by atoms with Gasteiger partial charge in [-0.25, -0.2) is 8.42 Å². The number of anilines is 1. The zero-order valence-electron chi connectivity index (χ0n) is 22.8. The number of carbonyl (C=O) groups excluding carboxylic acids is 2. The van der Waals surface area contributed by atoms with Crippen LogP contribution in [0.4, 0.5) is 5.69 Å². The van der Waals surface area contributed by atoms with Gasteiger partial charge in [0.25, 0.3) is 0 Å². The molecule has 2 amide bonds. The highest BCUT2D eigenvalue weighted by atomic mass is 35.5. The zero-order chi connectivity index (χ0) is 29.7. The van der Waals surface area contributed by atoms with Crippen molar-refractivity contribution in [3.8, 4) is 11.5 Å². The minimum absolute atomic E-state index is 0.0140. The Bertz CT molecular complexity index is 1520. The molecule has 3 aromatic carbocycles. The van der Waals surface area contributed by atoms with Crippen LogP contribution in [-0.4, -0.2) is 56.8 Å². The molecular formula is C29H31Cl2N3O6S. The molecule has 1 aliphatic heterocycles. The highest BCUT2D eigenvalue weighted by molar-refractivity contribution is 7.92. The van der Waals surface area contributed by atoms with Gasteiger partial charge in [0.15, 0.2) is 11.5 Å². The maximum absolute atomic E-state index is 14.1. The van der Waals surface area contributed by atoms with Crippen LogP contribution in [0.15, 0.2) is 66.7 Å². The first-order chi connectivity index (χ1) is 19.4. The number of fused-ring (bicyclic) bond motifs is 1. The Morgan fingerprint density at radius 1 is 0.927 bits per heavy atom. The molecule has 1 heterocycles. The van der Waals surface area contributed by atoms with E-state index in [1.54, 1.807) is 24.3 Å². The second kappa shape index (κ2) is 13.0. The fourth-order valence-corrected chi connectivity index (χ4v) is 5.59. The van der Waals surface area contributed by atoms with Gasteiger partial charge in [0, 0.05) is 25.1 Å². The molecule has 0 bridgehead atoms. The molecule has 0 saturated carbocycles. The van der Waals surface area contributed by atoms with Gasteiger partial charge in [-0.15, -0.1) is 0 Å². The fraction of sp³-hybridized carbons (Fsp3) is 0.310. The van der Waals surface area contributed by atoms with E-state index in [0.717, 1.165) is 16.1 Å². The van der Waals surface area contributed by atoms with Crippen molar-refractivity contribution in [3.05, 3.63) is 87.9 Å². The second-order valence-corrected chi connectivity index (χ2v) is 12.7. The SMILES string of the molecule is CC(C)NC(=O)C(Cc1ccccc1)N(Cc1ccc(Cl)c(Cl)c1)C(=O)CN(c1ccc2c(c1)OCO2)S(C)(=O)=O. The molecule has 1 unspecified atom stereocenters. The van der Waals surface area contributed by atoms with E-state index in [4.69, 9.17) is 32.7 Å². The van der Waals surface area contributed by atoms with Crippen LogP contribution in [0.3, 0.4) is 0 Å². The van der Waals surface area contributed by atoms with E-state index >= 15 is 0 Å². The lowest BCUT2D eigenvalue weighted by Gasteiger charge is -2.34. The minimum atomic E-state index is -3.92. The van der Waals surface area contributed by atoms with Gasteiger partial charge in [-0.3, -0.25) is 13.9 Å². The van der Waals surface area contributed by atoms with E-state index in [-0.39, 0.29) is 37.4 Å². The van der Waals surface area contributed by atoms with E-state index in [9.17, 15) is 18.0 Å². The quantitative estimate of drug-likeness (QED) is 0.335. The van der Waals surface area contributed by atoms with Crippen molar-refractivity contribution in [1.82, 2.24) is 10.2 Å². The Morgan fingerprint density at radius 2 is 1.63 bits per heavy atom. The molecule has 1 aliphatic rings. The molecule has 0 saturated heterocycles. The van der Waals surface area contributed by atoms with Gasteiger partial charge >= 0.3 is 0 Å². The lowest BCUT2D eigenvalue weighted by atomic mass is 10.0. The van der Waals surface area contributed by atoms with E-state index in [0.29, 0.717) is 27.1 Å². The number of hydrogen-bond donors (Lipinski definition) is 1. The normalized spacial score (nSPS) is 13.1. The number of sulfonamides is 1. The summed E-state index contributed by atoms with van der Waals surface area (Å²) >= 11 is 12.4. The molecule has 1 atom stereocenters. The highest BCUT2D eigenvalue weighted by Crippen LogP contribution is 2.36. The molecule has 0 radical (unpaired) electrons. The molecule has 41 heavy (non-hydrogen) atoms. The number of hydrogen-bond acceptors (Lipinski definition) is 6. The Morgan fingerprint density at radius 3 is 2.29 bits per heavy atom. The number of rotatable bonds is 11. The van der Waals surface area contributed by atoms with Crippen molar-refractivity contribution >= 4 is 50.7 Å². The smallest absolute Gasteiger partial charge is 0.244 e. The Balaban J connectivity index is 1.74. The van der Waals surface area contributed by atoms with Crippen molar-refractivity contribution in [2.75, 3.05) is 23.9 Å². The number of amides is 2. The van der Waals surface area contributed by atoms with Crippen LogP contribution in [-0.2, 0) is 32.6 Å². The second-order valence-electron chi connectivity index (χ2n) is 9.95. The maximum atomic E-state index is 14.1. The molecule has 4 rings (SSSR count). The van der Waals surface area contributed by atoms with Crippen molar-refractivity contribution < 1.29 is 27.5 Å². The first-order valence-electron chi connectivity index (χ1n) is 12.9. The molecule has 12 heteroatoms. The van der Waals surface area contributed by atoms with E-state index in [2.05, 4.69) is 5.32 Å². The summed E-state index contributed by atoms with van der Waals surface area (Å²) in [5.74, 6) is -0.108. The summed E-state index contributed by atoms with van der Waals surface area (Å²) in [6.45, 7) is 3.10. The number of nitrogens with one attached hydrogen (secondary N) is 1. The fourth-order valence-electron chi connectivity index (χ4n) is 4.42. The molecular weight excluding hydrogens is 589 g/mol. The molecule has 0 fully saturated rings. The molecule has 218 valence electrons. The van der Waals surface area contributed by atoms with Crippen LogP contribution in [0.2, 0.25) is 10.0 Å². The van der Waals surface area contributed by atoms with Crippen molar-refractivity contribution in [1.29, 1.82) is 0 Å². The van der Waals surface area contributed by atoms with Gasteiger partial charge in [-0.05, 0) is 49.2 Å². The topological polar surface area (TPSA) is 105 Å². The predicted octanol–water partition coefficient (Wildman–Crippen LogP) is 4.65. The molecule has 0 aromatic heterocycles. The zero-order valence-corrected chi connectivity index (χ0v) is 25.2. The van der Waals surface area contributed by atoms with Crippen molar-refractivity contribution in [3.63, 3.8) is 0 Å². The van der Waals surface area contributed by atoms with E-state index in [1.165, 1.54) is 17.0 Å². The summed E-state index contributed by atoms with van der Waals surface area (Å²) in [7, 11) is -3.92. The molecule has 1 N–H and O–H groups in total. The van der Waals surface area contributed by atoms with Gasteiger partial charge in [0.1, 0.15) is 12.6 Å². The lowest BCUT2D eigenvalue weighted by Crippen LogP contribution is -2.54. The third-order valence-electron chi connectivity index (χ3n) is 6.36. The van der Waals surface area contributed by atoms with Gasteiger partial charge in [-0.1, -0.05) is 59.6 Å². The Hall–Kier alpha value is -3.47. The van der Waals surface area contributed by atoms with Gasteiger partial charge in [-0.2, -0.15) is 0 Å². The maximum Gasteiger partial charge on any atom is 0.244 e. The summed E-state index contributed by atoms with van der Waals surface area (Å²) < 4.78 is 37.6. The molecule has 9 nitrogen and oxygen atoms in total. The number of benzene rings is 3. The summed E-state index contributed by atoms with van der Waals surface area (Å²) in [6, 6.07) is 17.7. The van der Waals surface area contributed by atoms with Crippen molar-refractivity contribution in [2.45, 2.75) is 38.9 Å². The monoisotopic (exact) mass is 619 g/mol. The van der Waals surface area contributed by atoms with Crippen LogP contribution in [0.25, 0.3) is 0 Å². The molecule has 3 aromatic rings. The summed E-state index contributed by atoms with van der Waals surface area (Å²) in [5.41, 5.74) is 1.68. The minimum Gasteiger partial charge on any atom is -0.454 e. The van der Waals surface area contributed by atoms with E-state index < -0.39 is 28.5 Å². The third-order valence-corrected chi connectivity index (χ3v) is 8.24. The van der Waals surface area contributed by atoms with Crippen LogP contribution in [0.1, 0.15) is 25.0 Å². The summed E-state index contributed by atoms with van der Waals surface area (Å²) in [5, 5.41) is 3.54. The van der Waals surface area contributed by atoms with Crippen LogP contribution in [0.5, 0.6) is 11.5 Å². The standard InChI is InChI=1S/C29H31Cl2N3O6S/c1-19(2)32-29(36)25(14-20-7-5-4-6-8-20)33(16-21-9-11-23(30)24(31)13-21)28(35)17-34(41(3,37)38)22-10-12-26-27(15-22)40-18-39-26/h4-13,15,19,25H,14,16-18H2,1-3H3,(H,32,36). The van der Waals surface area contributed by atoms with Gasteiger partial charge < -0.3 is 19.7 Å². The average Bonchev–Trinajstić information content (AvgIpc) is 3.38. The molecule has 0 aliphatic carbocycles. The number of carbonyl (C=O) groups is 2. The first kappa shape index (κ1) is 30.5. The first-order valence-corrected chi connectivity index (χ1v) is 15.5. The van der Waals surface area contributed by atoms with Crippen molar-refractivity contribution in [2.24, 2.45) is 0 Å². The predicted molar refractivity (Wildman–Crippen MR) is 159 cm³/mol. The average molecular weight is 621 g/mol. The summed E-state index contributed by atoms with van der Waals surface area (Å²) in [6.07, 6.45) is 1.22. The summed E-state index contributed by atoms with van der Waals surface area (Å²) in [4.78, 5) is 29.1. The Labute approximate surface area is 250 Å². The largest absolute Gasteiger partial charge is 0.454 e.